The molecule has 0 fully saturated rings. The summed E-state index contributed by atoms with van der Waals surface area (Å²) in [5, 5.41) is 11.4. The number of amides is 2. The minimum atomic E-state index is -1.09. The molecular formula is C15H19BrN2O4. The number of rotatable bonds is 8. The van der Waals surface area contributed by atoms with E-state index in [4.69, 9.17) is 5.11 Å². The molecule has 1 aromatic rings. The fourth-order valence-corrected chi connectivity index (χ4v) is 2.30. The highest BCUT2D eigenvalue weighted by molar-refractivity contribution is 9.10. The van der Waals surface area contributed by atoms with Crippen LogP contribution >= 0.6 is 15.9 Å². The Labute approximate surface area is 137 Å². The van der Waals surface area contributed by atoms with Crippen molar-refractivity contribution in [1.82, 2.24) is 10.2 Å². The lowest BCUT2D eigenvalue weighted by molar-refractivity contribution is -0.144. The molecule has 0 aliphatic carbocycles. The number of hydrogen-bond acceptors (Lipinski definition) is 3. The predicted octanol–water partition coefficient (Wildman–Crippen LogP) is 1.78. The van der Waals surface area contributed by atoms with Crippen molar-refractivity contribution in [2.75, 3.05) is 13.1 Å². The molecule has 0 aliphatic rings. The summed E-state index contributed by atoms with van der Waals surface area (Å²) in [6.45, 7) is 1.44. The van der Waals surface area contributed by atoms with Gasteiger partial charge in [0.05, 0.1) is 6.54 Å². The standard InChI is InChI=1S/C15H19BrN2O4/c1-2-4-13(19)17-8-14(20)18(10-15(21)22)9-11-5-3-6-12(16)7-11/h3,5-7H,2,4,8-10H2,1H3,(H,17,19)(H,21,22). The van der Waals surface area contributed by atoms with Crippen molar-refractivity contribution in [3.63, 3.8) is 0 Å². The molecule has 22 heavy (non-hydrogen) atoms. The number of carboxylic acid groups (broad SMARTS) is 1. The predicted molar refractivity (Wildman–Crippen MR) is 85.1 cm³/mol. The first kappa shape index (κ1) is 18.2. The lowest BCUT2D eigenvalue weighted by atomic mass is 10.2. The number of carbonyl (C=O) groups is 3. The van der Waals surface area contributed by atoms with Gasteiger partial charge in [0.1, 0.15) is 6.54 Å². The first-order valence-electron chi connectivity index (χ1n) is 6.93. The highest BCUT2D eigenvalue weighted by atomic mass is 79.9. The molecule has 120 valence electrons. The molecule has 0 heterocycles. The molecule has 0 atom stereocenters. The van der Waals surface area contributed by atoms with Crippen molar-refractivity contribution in [3.8, 4) is 0 Å². The molecule has 6 nitrogen and oxygen atoms in total. The van der Waals surface area contributed by atoms with E-state index in [-0.39, 0.29) is 19.0 Å². The van der Waals surface area contributed by atoms with E-state index in [1.54, 1.807) is 0 Å². The van der Waals surface area contributed by atoms with Crippen LogP contribution < -0.4 is 5.32 Å². The molecule has 2 amide bonds. The molecule has 7 heteroatoms. The molecule has 0 saturated carbocycles. The Morgan fingerprint density at radius 2 is 2.05 bits per heavy atom. The second kappa shape index (κ2) is 9.19. The van der Waals surface area contributed by atoms with Crippen molar-refractivity contribution in [2.45, 2.75) is 26.3 Å². The van der Waals surface area contributed by atoms with Crippen LogP contribution in [0.1, 0.15) is 25.3 Å². The summed E-state index contributed by atoms with van der Waals surface area (Å²) < 4.78 is 0.851. The summed E-state index contributed by atoms with van der Waals surface area (Å²) in [4.78, 5) is 35.6. The number of hydrogen-bond donors (Lipinski definition) is 2. The van der Waals surface area contributed by atoms with Gasteiger partial charge < -0.3 is 15.3 Å². The van der Waals surface area contributed by atoms with Gasteiger partial charge in [0, 0.05) is 17.4 Å². The molecule has 0 aliphatic heterocycles. The second-order valence-corrected chi connectivity index (χ2v) is 5.72. The first-order valence-corrected chi connectivity index (χ1v) is 7.72. The van der Waals surface area contributed by atoms with Gasteiger partial charge in [-0.1, -0.05) is 35.0 Å². The van der Waals surface area contributed by atoms with Gasteiger partial charge in [-0.15, -0.1) is 0 Å². The monoisotopic (exact) mass is 370 g/mol. The van der Waals surface area contributed by atoms with Crippen LogP contribution in [0.2, 0.25) is 0 Å². The van der Waals surface area contributed by atoms with Crippen LogP contribution in [0, 0.1) is 0 Å². The molecule has 0 bridgehead atoms. The maximum absolute atomic E-state index is 12.1. The van der Waals surface area contributed by atoms with Crippen LogP contribution in [-0.2, 0) is 20.9 Å². The van der Waals surface area contributed by atoms with Gasteiger partial charge in [0.25, 0.3) is 0 Å². The largest absolute Gasteiger partial charge is 0.480 e. The summed E-state index contributed by atoms with van der Waals surface area (Å²) in [5.74, 6) is -1.73. The van der Waals surface area contributed by atoms with E-state index >= 15 is 0 Å². The highest BCUT2D eigenvalue weighted by Crippen LogP contribution is 2.13. The average Bonchev–Trinajstić information content (AvgIpc) is 2.44. The zero-order chi connectivity index (χ0) is 16.5. The zero-order valence-corrected chi connectivity index (χ0v) is 13.9. The number of nitrogens with zero attached hydrogens (tertiary/aromatic N) is 1. The maximum atomic E-state index is 12.1. The fourth-order valence-electron chi connectivity index (χ4n) is 1.85. The molecule has 0 unspecified atom stereocenters. The third-order valence-corrected chi connectivity index (χ3v) is 3.35. The maximum Gasteiger partial charge on any atom is 0.323 e. The Bertz CT molecular complexity index is 548. The molecule has 0 spiro atoms. The van der Waals surface area contributed by atoms with E-state index in [2.05, 4.69) is 21.2 Å². The van der Waals surface area contributed by atoms with E-state index in [9.17, 15) is 14.4 Å². The van der Waals surface area contributed by atoms with E-state index in [0.29, 0.717) is 12.8 Å². The number of benzene rings is 1. The molecule has 1 rings (SSSR count). The lowest BCUT2D eigenvalue weighted by Gasteiger charge is -2.21. The Kier molecular flexibility index (Phi) is 7.59. The van der Waals surface area contributed by atoms with Crippen LogP contribution in [0.5, 0.6) is 0 Å². The number of nitrogens with one attached hydrogen (secondary N) is 1. The molecule has 1 aromatic carbocycles. The van der Waals surface area contributed by atoms with Gasteiger partial charge in [-0.25, -0.2) is 0 Å². The van der Waals surface area contributed by atoms with E-state index < -0.39 is 18.4 Å². The van der Waals surface area contributed by atoms with Crippen LogP contribution in [-0.4, -0.2) is 40.9 Å². The third kappa shape index (κ3) is 6.71. The fraction of sp³-hybridized carbons (Fsp3) is 0.400. The summed E-state index contributed by atoms with van der Waals surface area (Å²) in [6.07, 6.45) is 1.04. The SMILES string of the molecule is CCCC(=O)NCC(=O)N(CC(=O)O)Cc1cccc(Br)c1. The van der Waals surface area contributed by atoms with E-state index in [1.807, 2.05) is 31.2 Å². The summed E-state index contributed by atoms with van der Waals surface area (Å²) >= 11 is 3.33. The van der Waals surface area contributed by atoms with Crippen LogP contribution in [0.4, 0.5) is 0 Å². The third-order valence-electron chi connectivity index (χ3n) is 2.86. The smallest absolute Gasteiger partial charge is 0.323 e. The number of carbonyl (C=O) groups excluding carboxylic acids is 2. The molecule has 0 radical (unpaired) electrons. The van der Waals surface area contributed by atoms with Gasteiger partial charge in [-0.05, 0) is 24.1 Å². The van der Waals surface area contributed by atoms with Crippen LogP contribution in [0.25, 0.3) is 0 Å². The van der Waals surface area contributed by atoms with Gasteiger partial charge in [-0.3, -0.25) is 14.4 Å². The summed E-state index contributed by atoms with van der Waals surface area (Å²) in [6, 6.07) is 7.28. The van der Waals surface area contributed by atoms with Crippen molar-refractivity contribution in [2.24, 2.45) is 0 Å². The minimum Gasteiger partial charge on any atom is -0.480 e. The number of aliphatic carboxylic acids is 1. The summed E-state index contributed by atoms with van der Waals surface area (Å²) in [7, 11) is 0. The minimum absolute atomic E-state index is 0.175. The normalized spacial score (nSPS) is 10.1. The van der Waals surface area contributed by atoms with Gasteiger partial charge >= 0.3 is 5.97 Å². The highest BCUT2D eigenvalue weighted by Gasteiger charge is 2.17. The molecule has 2 N–H and O–H groups in total. The Morgan fingerprint density at radius 3 is 2.64 bits per heavy atom. The number of carboxylic acids is 1. The van der Waals surface area contributed by atoms with Crippen LogP contribution in [0.15, 0.2) is 28.7 Å². The quantitative estimate of drug-likeness (QED) is 0.729. The van der Waals surface area contributed by atoms with Crippen molar-refractivity contribution in [3.05, 3.63) is 34.3 Å². The molecule has 0 aromatic heterocycles. The second-order valence-electron chi connectivity index (χ2n) is 4.80. The summed E-state index contributed by atoms with van der Waals surface area (Å²) in [5.41, 5.74) is 0.809. The molecular weight excluding hydrogens is 352 g/mol. The Balaban J connectivity index is 2.68. The van der Waals surface area contributed by atoms with E-state index in [1.165, 1.54) is 4.90 Å². The topological polar surface area (TPSA) is 86.7 Å². The molecule has 0 saturated heterocycles. The first-order chi connectivity index (χ1) is 10.4. The van der Waals surface area contributed by atoms with Gasteiger partial charge in [0.2, 0.25) is 11.8 Å². The van der Waals surface area contributed by atoms with Crippen molar-refractivity contribution in [1.29, 1.82) is 0 Å². The zero-order valence-electron chi connectivity index (χ0n) is 12.3. The van der Waals surface area contributed by atoms with Gasteiger partial charge in [0.15, 0.2) is 0 Å². The lowest BCUT2D eigenvalue weighted by Crippen LogP contribution is -2.42. The van der Waals surface area contributed by atoms with E-state index in [0.717, 1.165) is 10.0 Å². The Hall–Kier alpha value is -1.89. The average molecular weight is 371 g/mol. The van der Waals surface area contributed by atoms with Gasteiger partial charge in [-0.2, -0.15) is 0 Å². The van der Waals surface area contributed by atoms with Crippen molar-refractivity contribution < 1.29 is 19.5 Å². The Morgan fingerprint density at radius 1 is 1.32 bits per heavy atom. The van der Waals surface area contributed by atoms with Crippen LogP contribution in [0.3, 0.4) is 0 Å². The van der Waals surface area contributed by atoms with Crippen molar-refractivity contribution >= 4 is 33.7 Å². The number of halogens is 1.